The fraction of sp³-hybridized carbons (Fsp3) is 0.333. The number of nitrogens with one attached hydrogen (secondary N) is 1. The van der Waals surface area contributed by atoms with Gasteiger partial charge in [-0.1, -0.05) is 29.8 Å². The number of thiophene rings is 1. The Morgan fingerprint density at radius 2 is 2.21 bits per heavy atom. The van der Waals surface area contributed by atoms with Crippen LogP contribution in [0.1, 0.15) is 22.4 Å². The van der Waals surface area contributed by atoms with Crippen LogP contribution in [0.3, 0.4) is 0 Å². The van der Waals surface area contributed by atoms with Crippen LogP contribution in [-0.2, 0) is 12.8 Å². The summed E-state index contributed by atoms with van der Waals surface area (Å²) in [5.74, 6) is 5.67. The quantitative estimate of drug-likeness (QED) is 0.620. The summed E-state index contributed by atoms with van der Waals surface area (Å²) in [5, 5.41) is 2.10. The van der Waals surface area contributed by atoms with Gasteiger partial charge < -0.3 is 0 Å². The minimum absolute atomic E-state index is 0.315. The van der Waals surface area contributed by atoms with Gasteiger partial charge in [0, 0.05) is 15.4 Å². The Kier molecular flexibility index (Phi) is 5.58. The van der Waals surface area contributed by atoms with Crippen molar-refractivity contribution in [3.8, 4) is 0 Å². The van der Waals surface area contributed by atoms with E-state index in [1.54, 1.807) is 11.3 Å². The highest BCUT2D eigenvalue weighted by molar-refractivity contribution is 9.10. The molecule has 0 aliphatic carbocycles. The maximum atomic E-state index is 5.67. The maximum absolute atomic E-state index is 5.67. The van der Waals surface area contributed by atoms with Gasteiger partial charge in [0.2, 0.25) is 0 Å². The molecule has 0 saturated carbocycles. The molecule has 0 aliphatic heterocycles. The van der Waals surface area contributed by atoms with E-state index in [1.807, 2.05) is 0 Å². The van der Waals surface area contributed by atoms with E-state index in [0.717, 1.165) is 19.3 Å². The van der Waals surface area contributed by atoms with Gasteiger partial charge >= 0.3 is 0 Å². The van der Waals surface area contributed by atoms with Gasteiger partial charge in [0.1, 0.15) is 0 Å². The molecular weight excluding hydrogens is 320 g/mol. The van der Waals surface area contributed by atoms with Crippen molar-refractivity contribution in [2.24, 2.45) is 5.84 Å². The Morgan fingerprint density at radius 1 is 1.37 bits per heavy atom. The number of rotatable bonds is 6. The molecule has 1 aromatic heterocycles. The molecule has 0 amide bonds. The lowest BCUT2D eigenvalue weighted by atomic mass is 10.0. The van der Waals surface area contributed by atoms with Crippen molar-refractivity contribution >= 4 is 27.3 Å². The van der Waals surface area contributed by atoms with Crippen molar-refractivity contribution in [3.63, 3.8) is 0 Å². The van der Waals surface area contributed by atoms with Crippen molar-refractivity contribution in [2.75, 3.05) is 0 Å². The molecule has 0 aliphatic rings. The molecule has 0 fully saturated rings. The lowest BCUT2D eigenvalue weighted by Gasteiger charge is -2.15. The largest absolute Gasteiger partial charge is 0.271 e. The van der Waals surface area contributed by atoms with Crippen LogP contribution < -0.4 is 11.3 Å². The third-order valence-electron chi connectivity index (χ3n) is 3.22. The van der Waals surface area contributed by atoms with Gasteiger partial charge in [-0.25, -0.2) is 0 Å². The lowest BCUT2D eigenvalue weighted by molar-refractivity contribution is 0.493. The third-order valence-corrected chi connectivity index (χ3v) is 5.17. The summed E-state index contributed by atoms with van der Waals surface area (Å²) < 4.78 is 1.19. The van der Waals surface area contributed by atoms with E-state index in [1.165, 1.54) is 20.5 Å². The molecular formula is C15H19BrN2S. The zero-order valence-corrected chi connectivity index (χ0v) is 13.4. The second-order valence-electron chi connectivity index (χ2n) is 4.79. The van der Waals surface area contributed by atoms with Gasteiger partial charge in [-0.05, 0) is 59.1 Å². The van der Waals surface area contributed by atoms with E-state index in [0.29, 0.717) is 6.04 Å². The van der Waals surface area contributed by atoms with Crippen molar-refractivity contribution in [2.45, 2.75) is 32.2 Å². The van der Waals surface area contributed by atoms with Gasteiger partial charge in [-0.2, -0.15) is 0 Å². The number of nitrogens with two attached hydrogens (primary N) is 1. The smallest absolute Gasteiger partial charge is 0.0314 e. The van der Waals surface area contributed by atoms with Crippen LogP contribution in [-0.4, -0.2) is 6.04 Å². The zero-order chi connectivity index (χ0) is 13.7. The minimum Gasteiger partial charge on any atom is -0.271 e. The lowest BCUT2D eigenvalue weighted by Crippen LogP contribution is -2.37. The number of hydrogen-bond acceptors (Lipinski definition) is 3. The van der Waals surface area contributed by atoms with Crippen LogP contribution >= 0.6 is 27.3 Å². The topological polar surface area (TPSA) is 38.0 Å². The molecule has 1 unspecified atom stereocenters. The predicted molar refractivity (Wildman–Crippen MR) is 86.3 cm³/mol. The van der Waals surface area contributed by atoms with Crippen molar-refractivity contribution < 1.29 is 0 Å². The Morgan fingerprint density at radius 3 is 2.84 bits per heavy atom. The average Bonchev–Trinajstić information content (AvgIpc) is 2.80. The standard InChI is InChI=1S/C15H19BrN2S/c1-11-3-2-4-12(9-11)5-6-13(18-17)10-15-14(16)7-8-19-15/h2-4,7-9,13,18H,5-6,10,17H2,1H3. The van der Waals surface area contributed by atoms with Crippen molar-refractivity contribution in [1.82, 2.24) is 5.43 Å². The Balaban J connectivity index is 1.91. The third kappa shape index (κ3) is 4.42. The van der Waals surface area contributed by atoms with Crippen molar-refractivity contribution in [3.05, 3.63) is 56.2 Å². The minimum atomic E-state index is 0.315. The number of hydrogen-bond donors (Lipinski definition) is 2. The number of benzene rings is 1. The summed E-state index contributed by atoms with van der Waals surface area (Å²) >= 11 is 5.35. The number of hydrazine groups is 1. The Bertz CT molecular complexity index is 524. The predicted octanol–water partition coefficient (Wildman–Crippen LogP) is 3.83. The van der Waals surface area contributed by atoms with E-state index in [-0.39, 0.29) is 0 Å². The summed E-state index contributed by atoms with van der Waals surface area (Å²) in [6, 6.07) is 11.1. The van der Waals surface area contributed by atoms with E-state index >= 15 is 0 Å². The van der Waals surface area contributed by atoms with Gasteiger partial charge in [0.05, 0.1) is 0 Å². The molecule has 0 bridgehead atoms. The number of halogens is 1. The first kappa shape index (κ1) is 14.7. The van der Waals surface area contributed by atoms with E-state index in [4.69, 9.17) is 5.84 Å². The molecule has 2 aromatic rings. The summed E-state index contributed by atoms with van der Waals surface area (Å²) in [6.45, 7) is 2.13. The van der Waals surface area contributed by atoms with E-state index in [2.05, 4.69) is 64.0 Å². The first-order valence-corrected chi connectivity index (χ1v) is 8.10. The van der Waals surface area contributed by atoms with Crippen LogP contribution in [0.4, 0.5) is 0 Å². The second kappa shape index (κ2) is 7.20. The fourth-order valence-corrected chi connectivity index (χ4v) is 3.74. The highest BCUT2D eigenvalue weighted by atomic mass is 79.9. The van der Waals surface area contributed by atoms with Crippen LogP contribution in [0.5, 0.6) is 0 Å². The summed E-state index contributed by atoms with van der Waals surface area (Å²) in [4.78, 5) is 1.35. The molecule has 4 heteroatoms. The molecule has 1 heterocycles. The molecule has 1 atom stereocenters. The average molecular weight is 339 g/mol. The van der Waals surface area contributed by atoms with Crippen LogP contribution in [0, 0.1) is 6.92 Å². The first-order chi connectivity index (χ1) is 9.19. The van der Waals surface area contributed by atoms with Gasteiger partial charge in [0.25, 0.3) is 0 Å². The molecule has 3 N–H and O–H groups in total. The molecule has 0 saturated heterocycles. The molecule has 1 aromatic carbocycles. The van der Waals surface area contributed by atoms with E-state index < -0.39 is 0 Å². The van der Waals surface area contributed by atoms with Crippen molar-refractivity contribution in [1.29, 1.82) is 0 Å². The highest BCUT2D eigenvalue weighted by Gasteiger charge is 2.11. The fourth-order valence-electron chi connectivity index (χ4n) is 2.15. The number of aryl methyl sites for hydroxylation is 2. The molecule has 102 valence electrons. The monoisotopic (exact) mass is 338 g/mol. The van der Waals surface area contributed by atoms with Gasteiger partial charge in [0.15, 0.2) is 0 Å². The Labute approximate surface area is 127 Å². The summed E-state index contributed by atoms with van der Waals surface area (Å²) in [6.07, 6.45) is 3.07. The summed E-state index contributed by atoms with van der Waals surface area (Å²) in [5.41, 5.74) is 5.63. The van der Waals surface area contributed by atoms with Gasteiger partial charge in [-0.15, -0.1) is 11.3 Å². The first-order valence-electron chi connectivity index (χ1n) is 6.42. The van der Waals surface area contributed by atoms with Crippen LogP contribution in [0.2, 0.25) is 0 Å². The van der Waals surface area contributed by atoms with Gasteiger partial charge in [-0.3, -0.25) is 11.3 Å². The second-order valence-corrected chi connectivity index (χ2v) is 6.64. The maximum Gasteiger partial charge on any atom is 0.0314 e. The van der Waals surface area contributed by atoms with E-state index in [9.17, 15) is 0 Å². The van der Waals surface area contributed by atoms with Crippen LogP contribution in [0.25, 0.3) is 0 Å². The normalized spacial score (nSPS) is 12.6. The molecule has 2 rings (SSSR count). The van der Waals surface area contributed by atoms with Crippen LogP contribution in [0.15, 0.2) is 40.2 Å². The highest BCUT2D eigenvalue weighted by Crippen LogP contribution is 2.24. The SMILES string of the molecule is Cc1cccc(CCC(Cc2sccc2Br)NN)c1. The summed E-state index contributed by atoms with van der Waals surface area (Å²) in [7, 11) is 0. The molecule has 19 heavy (non-hydrogen) atoms. The molecule has 0 radical (unpaired) electrons. The molecule has 0 spiro atoms. The zero-order valence-electron chi connectivity index (χ0n) is 11.0. The molecule has 2 nitrogen and oxygen atoms in total. The Hall–Kier alpha value is -0.680.